The summed E-state index contributed by atoms with van der Waals surface area (Å²) in [7, 11) is 1.59. The highest BCUT2D eigenvalue weighted by atomic mass is 16.6. The lowest BCUT2D eigenvalue weighted by molar-refractivity contribution is -0.393. The number of nitro benzene ring substituents is 2. The highest BCUT2D eigenvalue weighted by molar-refractivity contribution is 5.91. The van der Waals surface area contributed by atoms with E-state index in [9.17, 15) is 20.2 Å². The first-order valence-corrected chi connectivity index (χ1v) is 9.53. The van der Waals surface area contributed by atoms with Crippen LogP contribution in [0.1, 0.15) is 5.56 Å². The number of hydrogen-bond acceptors (Lipinski definition) is 8. The zero-order valence-corrected chi connectivity index (χ0v) is 16.9. The maximum Gasteiger partial charge on any atom is 0.303 e. The van der Waals surface area contributed by atoms with Crippen LogP contribution in [0.2, 0.25) is 0 Å². The van der Waals surface area contributed by atoms with Crippen molar-refractivity contribution < 1.29 is 14.6 Å². The van der Waals surface area contributed by atoms with E-state index in [0.717, 1.165) is 17.4 Å². The second-order valence-corrected chi connectivity index (χ2v) is 6.84. The molecule has 4 aromatic rings. The molecule has 0 unspecified atom stereocenters. The molecule has 0 aliphatic carbocycles. The summed E-state index contributed by atoms with van der Waals surface area (Å²) in [5, 5.41) is 26.0. The molecular weight excluding hydrogens is 414 g/mol. The van der Waals surface area contributed by atoms with Crippen molar-refractivity contribution in [3.8, 4) is 17.0 Å². The topological polar surface area (TPSA) is 133 Å². The van der Waals surface area contributed by atoms with Gasteiger partial charge in [0.1, 0.15) is 17.0 Å². The van der Waals surface area contributed by atoms with Crippen molar-refractivity contribution in [3.05, 3.63) is 92.5 Å². The van der Waals surface area contributed by atoms with Gasteiger partial charge in [0.15, 0.2) is 11.3 Å². The van der Waals surface area contributed by atoms with Crippen LogP contribution in [0.15, 0.2) is 66.7 Å². The molecule has 0 aliphatic heterocycles. The standard InChI is InChI=1S/C22H17N5O5/c1-32-17-9-7-14(8-10-17)13-23-22-20(15-5-3-2-4-6-15)25-21-18(24-22)11-16(26(28)29)12-19(21)27(30)31/h2-12H,13H2,1H3,(H,23,24). The average Bonchev–Trinajstić information content (AvgIpc) is 2.82. The number of rotatable bonds is 7. The fourth-order valence-corrected chi connectivity index (χ4v) is 3.22. The zero-order chi connectivity index (χ0) is 22.7. The molecule has 0 bridgehead atoms. The molecule has 1 N–H and O–H groups in total. The Hall–Kier alpha value is -4.60. The predicted molar refractivity (Wildman–Crippen MR) is 119 cm³/mol. The molecule has 10 heteroatoms. The van der Waals surface area contributed by atoms with Crippen LogP contribution >= 0.6 is 0 Å². The maximum atomic E-state index is 11.6. The molecule has 0 fully saturated rings. The van der Waals surface area contributed by atoms with Crippen LogP contribution in [-0.2, 0) is 6.54 Å². The number of non-ortho nitro benzene ring substituents is 2. The Bertz CT molecular complexity index is 1310. The highest BCUT2D eigenvalue weighted by Crippen LogP contribution is 2.34. The molecule has 3 aromatic carbocycles. The van der Waals surface area contributed by atoms with E-state index in [2.05, 4.69) is 15.3 Å². The Kier molecular flexibility index (Phi) is 5.58. The molecule has 1 heterocycles. The van der Waals surface area contributed by atoms with Crippen molar-refractivity contribution in [3.63, 3.8) is 0 Å². The van der Waals surface area contributed by atoms with E-state index in [1.54, 1.807) is 7.11 Å². The van der Waals surface area contributed by atoms with E-state index < -0.39 is 21.2 Å². The van der Waals surface area contributed by atoms with Gasteiger partial charge in [-0.25, -0.2) is 9.97 Å². The second kappa shape index (κ2) is 8.64. The molecule has 0 amide bonds. The van der Waals surface area contributed by atoms with Crippen LogP contribution in [0.25, 0.3) is 22.3 Å². The van der Waals surface area contributed by atoms with Gasteiger partial charge in [-0.1, -0.05) is 42.5 Å². The number of benzene rings is 3. The molecule has 32 heavy (non-hydrogen) atoms. The summed E-state index contributed by atoms with van der Waals surface area (Å²) in [5.74, 6) is 1.08. The minimum absolute atomic E-state index is 0.0190. The zero-order valence-electron chi connectivity index (χ0n) is 16.9. The lowest BCUT2D eigenvalue weighted by Crippen LogP contribution is -2.06. The van der Waals surface area contributed by atoms with Gasteiger partial charge in [-0.3, -0.25) is 20.2 Å². The first kappa shape index (κ1) is 20.7. The molecule has 1 aromatic heterocycles. The van der Waals surface area contributed by atoms with E-state index in [1.807, 2.05) is 54.6 Å². The van der Waals surface area contributed by atoms with Crippen molar-refractivity contribution in [2.45, 2.75) is 6.54 Å². The molecule has 160 valence electrons. The summed E-state index contributed by atoms with van der Waals surface area (Å²) in [4.78, 5) is 30.4. The maximum absolute atomic E-state index is 11.6. The predicted octanol–water partition coefficient (Wildman–Crippen LogP) is 4.73. The largest absolute Gasteiger partial charge is 0.497 e. The Balaban J connectivity index is 1.84. The molecule has 0 saturated heterocycles. The Morgan fingerprint density at radius 3 is 2.28 bits per heavy atom. The molecule has 0 aliphatic rings. The van der Waals surface area contributed by atoms with Crippen LogP contribution < -0.4 is 10.1 Å². The number of hydrogen-bond donors (Lipinski definition) is 1. The third kappa shape index (κ3) is 4.15. The lowest BCUT2D eigenvalue weighted by Gasteiger charge is -2.12. The van der Waals surface area contributed by atoms with Gasteiger partial charge in [-0.05, 0) is 17.7 Å². The van der Waals surface area contributed by atoms with Gasteiger partial charge in [-0.15, -0.1) is 0 Å². The van der Waals surface area contributed by atoms with Gasteiger partial charge in [-0.2, -0.15) is 0 Å². The number of nitrogens with zero attached hydrogens (tertiary/aromatic N) is 4. The quantitative estimate of drug-likeness (QED) is 0.328. The van der Waals surface area contributed by atoms with Crippen molar-refractivity contribution >= 4 is 28.2 Å². The number of nitro groups is 2. The van der Waals surface area contributed by atoms with Crippen LogP contribution in [-0.4, -0.2) is 26.9 Å². The van der Waals surface area contributed by atoms with Gasteiger partial charge in [0.2, 0.25) is 0 Å². The first-order chi connectivity index (χ1) is 15.5. The average molecular weight is 431 g/mol. The summed E-state index contributed by atoms with van der Waals surface area (Å²) in [6.45, 7) is 0.390. The van der Waals surface area contributed by atoms with Crippen LogP contribution in [0.3, 0.4) is 0 Å². The molecular formula is C22H17N5O5. The van der Waals surface area contributed by atoms with E-state index in [1.165, 1.54) is 6.07 Å². The van der Waals surface area contributed by atoms with Crippen LogP contribution in [0.4, 0.5) is 17.2 Å². The third-order valence-electron chi connectivity index (χ3n) is 4.81. The number of nitrogens with one attached hydrogen (secondary N) is 1. The van der Waals surface area contributed by atoms with Crippen LogP contribution in [0, 0.1) is 20.2 Å². The summed E-state index contributed by atoms with van der Waals surface area (Å²) in [5.41, 5.74) is 1.19. The van der Waals surface area contributed by atoms with Crippen molar-refractivity contribution in [1.29, 1.82) is 0 Å². The first-order valence-electron chi connectivity index (χ1n) is 9.53. The van der Waals surface area contributed by atoms with Gasteiger partial charge in [0, 0.05) is 18.2 Å². The molecule has 10 nitrogen and oxygen atoms in total. The summed E-state index contributed by atoms with van der Waals surface area (Å²) in [6, 6.07) is 18.6. The van der Waals surface area contributed by atoms with Gasteiger partial charge in [0.25, 0.3) is 5.69 Å². The van der Waals surface area contributed by atoms with Gasteiger partial charge < -0.3 is 10.1 Å². The minimum atomic E-state index is -0.691. The fraction of sp³-hybridized carbons (Fsp3) is 0.0909. The highest BCUT2D eigenvalue weighted by Gasteiger charge is 2.23. The molecule has 0 radical (unpaired) electrons. The lowest BCUT2D eigenvalue weighted by atomic mass is 10.1. The van der Waals surface area contributed by atoms with E-state index >= 15 is 0 Å². The summed E-state index contributed by atoms with van der Waals surface area (Å²) >= 11 is 0. The van der Waals surface area contributed by atoms with E-state index in [4.69, 9.17) is 4.74 Å². The number of anilines is 1. The van der Waals surface area contributed by atoms with Gasteiger partial charge >= 0.3 is 5.69 Å². The number of ether oxygens (including phenoxy) is 1. The fourth-order valence-electron chi connectivity index (χ4n) is 3.22. The van der Waals surface area contributed by atoms with Crippen molar-refractivity contribution in [1.82, 2.24) is 9.97 Å². The molecule has 0 spiro atoms. The van der Waals surface area contributed by atoms with Crippen molar-refractivity contribution in [2.75, 3.05) is 12.4 Å². The monoisotopic (exact) mass is 431 g/mol. The Morgan fingerprint density at radius 1 is 0.938 bits per heavy atom. The summed E-state index contributed by atoms with van der Waals surface area (Å²) < 4.78 is 5.17. The Labute approximate surface area is 181 Å². The van der Waals surface area contributed by atoms with E-state index in [-0.39, 0.29) is 11.0 Å². The van der Waals surface area contributed by atoms with Gasteiger partial charge in [0.05, 0.1) is 23.0 Å². The molecule has 0 saturated carbocycles. The Morgan fingerprint density at radius 2 is 1.66 bits per heavy atom. The molecule has 4 rings (SSSR count). The number of aromatic nitrogens is 2. The van der Waals surface area contributed by atoms with Crippen molar-refractivity contribution in [2.24, 2.45) is 0 Å². The molecule has 0 atom stereocenters. The second-order valence-electron chi connectivity index (χ2n) is 6.84. The number of methoxy groups -OCH3 is 1. The number of fused-ring (bicyclic) bond motifs is 1. The smallest absolute Gasteiger partial charge is 0.303 e. The SMILES string of the molecule is COc1ccc(CNc2nc3cc([N+](=O)[O-])cc([N+](=O)[O-])c3nc2-c2ccccc2)cc1. The normalized spacial score (nSPS) is 10.7. The third-order valence-corrected chi connectivity index (χ3v) is 4.81. The minimum Gasteiger partial charge on any atom is -0.497 e. The van der Waals surface area contributed by atoms with E-state index in [0.29, 0.717) is 23.6 Å². The summed E-state index contributed by atoms with van der Waals surface area (Å²) in [6.07, 6.45) is 0. The van der Waals surface area contributed by atoms with Crippen LogP contribution in [0.5, 0.6) is 5.75 Å².